The number of hydrogen-bond acceptors (Lipinski definition) is 4. The number of hydrazone groups is 1. The number of fused-ring (bicyclic) bond motifs is 1. The van der Waals surface area contributed by atoms with E-state index in [0.717, 1.165) is 11.3 Å². The zero-order valence-electron chi connectivity index (χ0n) is 16.9. The molecule has 0 saturated carbocycles. The molecule has 0 radical (unpaired) electrons. The molecule has 6 heteroatoms. The molecule has 1 N–H and O–H groups in total. The molecule has 1 atom stereocenters. The van der Waals surface area contributed by atoms with E-state index in [4.69, 9.17) is 16.7 Å². The number of halogens is 1. The second-order valence-corrected chi connectivity index (χ2v) is 8.04. The Kier molecular flexibility index (Phi) is 4.75. The third-order valence-electron chi connectivity index (χ3n) is 5.75. The van der Waals surface area contributed by atoms with E-state index < -0.39 is 0 Å². The van der Waals surface area contributed by atoms with Crippen molar-refractivity contribution in [3.63, 3.8) is 0 Å². The normalized spacial score (nSPS) is 16.0. The number of benzene rings is 3. The minimum atomic E-state index is -0.264. The van der Waals surface area contributed by atoms with Crippen molar-refractivity contribution in [3.8, 4) is 5.75 Å². The van der Waals surface area contributed by atoms with Crippen LogP contribution in [-0.2, 0) is 7.05 Å². The standard InChI is InChI=1S/C25H20ClN3O2/c1-28-21-10-6-5-9-19(21)24(30)23(25(28)31)20-15-22(16-11-13-17(26)14-12-16)29(27-20)18-7-3-2-4-8-18/h2-14,22,30H,15H2,1H3. The Hall–Kier alpha value is -3.57. The first-order valence-electron chi connectivity index (χ1n) is 10.0. The fraction of sp³-hybridized carbons (Fsp3) is 0.120. The van der Waals surface area contributed by atoms with Gasteiger partial charge in [-0.05, 0) is 42.0 Å². The van der Waals surface area contributed by atoms with Crippen molar-refractivity contribution in [1.82, 2.24) is 4.57 Å². The molecule has 0 fully saturated rings. The number of nitrogens with zero attached hydrogens (tertiary/aromatic N) is 3. The van der Waals surface area contributed by atoms with Gasteiger partial charge in [0.15, 0.2) is 0 Å². The van der Waals surface area contributed by atoms with Gasteiger partial charge < -0.3 is 9.67 Å². The molecule has 0 bridgehead atoms. The number of anilines is 1. The highest BCUT2D eigenvalue weighted by molar-refractivity contribution is 6.30. The first kappa shape index (κ1) is 19.4. The second-order valence-electron chi connectivity index (χ2n) is 7.60. The van der Waals surface area contributed by atoms with Gasteiger partial charge in [0.2, 0.25) is 0 Å². The number of aromatic hydroxyl groups is 1. The molecule has 0 aliphatic carbocycles. The summed E-state index contributed by atoms with van der Waals surface area (Å²) in [5, 5.41) is 19.1. The number of para-hydroxylation sites is 2. The summed E-state index contributed by atoms with van der Waals surface area (Å²) >= 11 is 6.09. The molecule has 1 aliphatic heterocycles. The summed E-state index contributed by atoms with van der Waals surface area (Å²) in [6, 6.07) is 24.7. The third kappa shape index (κ3) is 3.27. The minimum Gasteiger partial charge on any atom is -0.506 e. The van der Waals surface area contributed by atoms with Gasteiger partial charge in [-0.2, -0.15) is 5.10 Å². The number of aromatic nitrogens is 1. The largest absolute Gasteiger partial charge is 0.506 e. The summed E-state index contributed by atoms with van der Waals surface area (Å²) in [7, 11) is 1.72. The van der Waals surface area contributed by atoms with Crippen LogP contribution >= 0.6 is 11.6 Å². The van der Waals surface area contributed by atoms with E-state index >= 15 is 0 Å². The second kappa shape index (κ2) is 7.60. The van der Waals surface area contributed by atoms with E-state index in [-0.39, 0.29) is 22.9 Å². The summed E-state index contributed by atoms with van der Waals surface area (Å²) in [6.07, 6.45) is 0.484. The van der Waals surface area contributed by atoms with Crippen LogP contribution in [0.4, 0.5) is 5.69 Å². The molecule has 3 aromatic carbocycles. The molecule has 1 unspecified atom stereocenters. The summed E-state index contributed by atoms with van der Waals surface area (Å²) in [5.41, 5.74) is 3.17. The molecular formula is C25H20ClN3O2. The zero-order valence-corrected chi connectivity index (χ0v) is 17.6. The van der Waals surface area contributed by atoms with Gasteiger partial charge in [-0.3, -0.25) is 9.80 Å². The molecule has 4 aromatic rings. The van der Waals surface area contributed by atoms with Crippen molar-refractivity contribution in [3.05, 3.63) is 105 Å². The Labute approximate surface area is 184 Å². The first-order chi connectivity index (χ1) is 15.0. The Morgan fingerprint density at radius 1 is 0.968 bits per heavy atom. The van der Waals surface area contributed by atoms with Crippen molar-refractivity contribution < 1.29 is 5.11 Å². The average molecular weight is 430 g/mol. The van der Waals surface area contributed by atoms with Crippen molar-refractivity contribution in [2.24, 2.45) is 12.1 Å². The lowest BCUT2D eigenvalue weighted by Gasteiger charge is -2.24. The first-order valence-corrected chi connectivity index (χ1v) is 10.4. The van der Waals surface area contributed by atoms with E-state index in [1.807, 2.05) is 83.9 Å². The van der Waals surface area contributed by atoms with Gasteiger partial charge >= 0.3 is 0 Å². The highest BCUT2D eigenvalue weighted by atomic mass is 35.5. The fourth-order valence-electron chi connectivity index (χ4n) is 4.16. The molecule has 0 spiro atoms. The van der Waals surface area contributed by atoms with Crippen molar-refractivity contribution in [1.29, 1.82) is 0 Å². The molecule has 1 aliphatic rings. The van der Waals surface area contributed by atoms with Crippen LogP contribution in [0, 0.1) is 0 Å². The van der Waals surface area contributed by atoms with Crippen molar-refractivity contribution >= 4 is 33.9 Å². The van der Waals surface area contributed by atoms with Crippen LogP contribution in [-0.4, -0.2) is 15.4 Å². The molecule has 5 nitrogen and oxygen atoms in total. The van der Waals surface area contributed by atoms with E-state index in [9.17, 15) is 9.90 Å². The van der Waals surface area contributed by atoms with Crippen LogP contribution in [0.2, 0.25) is 5.02 Å². The van der Waals surface area contributed by atoms with Gasteiger partial charge in [-0.25, -0.2) is 0 Å². The fourth-order valence-corrected chi connectivity index (χ4v) is 4.29. The van der Waals surface area contributed by atoms with E-state index in [2.05, 4.69) is 0 Å². The monoisotopic (exact) mass is 429 g/mol. The highest BCUT2D eigenvalue weighted by Crippen LogP contribution is 2.38. The number of aryl methyl sites for hydroxylation is 1. The van der Waals surface area contributed by atoms with Crippen LogP contribution in [0.1, 0.15) is 23.6 Å². The van der Waals surface area contributed by atoms with Gasteiger partial charge in [0.05, 0.1) is 23.0 Å². The molecular weight excluding hydrogens is 410 g/mol. The van der Waals surface area contributed by atoms with Gasteiger partial charge in [-0.15, -0.1) is 0 Å². The minimum absolute atomic E-state index is 0.0257. The van der Waals surface area contributed by atoms with Crippen LogP contribution in [0.25, 0.3) is 10.9 Å². The van der Waals surface area contributed by atoms with Crippen LogP contribution in [0.5, 0.6) is 5.75 Å². The quantitative estimate of drug-likeness (QED) is 0.483. The van der Waals surface area contributed by atoms with Gasteiger partial charge in [-0.1, -0.05) is 54.1 Å². The van der Waals surface area contributed by atoms with E-state index in [1.54, 1.807) is 11.6 Å². The van der Waals surface area contributed by atoms with Crippen LogP contribution < -0.4 is 10.6 Å². The molecule has 154 valence electrons. The third-order valence-corrected chi connectivity index (χ3v) is 6.00. The summed E-state index contributed by atoms with van der Waals surface area (Å²) in [4.78, 5) is 13.2. The van der Waals surface area contributed by atoms with Gasteiger partial charge in [0.1, 0.15) is 11.3 Å². The van der Waals surface area contributed by atoms with Gasteiger partial charge in [0.25, 0.3) is 5.56 Å². The summed E-state index contributed by atoms with van der Waals surface area (Å²) in [5.74, 6) is -0.0257. The Bertz CT molecular complexity index is 1360. The summed E-state index contributed by atoms with van der Waals surface area (Å²) in [6.45, 7) is 0. The van der Waals surface area contributed by atoms with Crippen LogP contribution in [0.15, 0.2) is 88.8 Å². The molecule has 1 aromatic heterocycles. The number of pyridine rings is 1. The van der Waals surface area contributed by atoms with E-state index in [1.165, 1.54) is 0 Å². The predicted octanol–water partition coefficient (Wildman–Crippen LogP) is 5.25. The molecule has 0 saturated heterocycles. The maximum Gasteiger partial charge on any atom is 0.263 e. The molecule has 5 rings (SSSR count). The molecule has 2 heterocycles. The Morgan fingerprint density at radius 3 is 2.39 bits per heavy atom. The Balaban J connectivity index is 1.68. The maximum absolute atomic E-state index is 13.2. The highest BCUT2D eigenvalue weighted by Gasteiger charge is 2.33. The van der Waals surface area contributed by atoms with Crippen molar-refractivity contribution in [2.45, 2.75) is 12.5 Å². The van der Waals surface area contributed by atoms with Gasteiger partial charge in [0, 0.05) is 23.9 Å². The maximum atomic E-state index is 13.2. The number of hydrogen-bond donors (Lipinski definition) is 1. The zero-order chi connectivity index (χ0) is 21.5. The topological polar surface area (TPSA) is 57.8 Å². The lowest BCUT2D eigenvalue weighted by atomic mass is 9.97. The predicted molar refractivity (Wildman–Crippen MR) is 125 cm³/mol. The summed E-state index contributed by atoms with van der Waals surface area (Å²) < 4.78 is 1.56. The van der Waals surface area contributed by atoms with E-state index in [0.29, 0.717) is 28.1 Å². The van der Waals surface area contributed by atoms with Crippen molar-refractivity contribution in [2.75, 3.05) is 5.01 Å². The number of rotatable bonds is 3. The molecule has 31 heavy (non-hydrogen) atoms. The molecule has 0 amide bonds. The lowest BCUT2D eigenvalue weighted by molar-refractivity contribution is 0.478. The smallest absolute Gasteiger partial charge is 0.263 e. The Morgan fingerprint density at radius 2 is 1.65 bits per heavy atom. The SMILES string of the molecule is Cn1c(=O)c(C2=NN(c3ccccc3)C(c3ccc(Cl)cc3)C2)c(O)c2ccccc21. The van der Waals surface area contributed by atoms with Crippen LogP contribution in [0.3, 0.4) is 0 Å². The average Bonchev–Trinajstić information content (AvgIpc) is 3.24. The lowest BCUT2D eigenvalue weighted by Crippen LogP contribution is -2.24.